The first-order valence-electron chi connectivity index (χ1n) is 10.4. The zero-order chi connectivity index (χ0) is 23.0. The standard InChI is InChI=1S/C22H25F2N3O5/c1-3-26-20(30)18-17(28)8-14(11-27(18)22(21(26)31-2)6-7-32-12-22)19(29)25-10-13-4-5-15(23)9-16(13)24/h4-5,9,11,21,28H,3,6-8,10,12H2,1-2H3,(H,25,29). The van der Waals surface area contributed by atoms with Gasteiger partial charge in [-0.3, -0.25) is 9.59 Å². The number of amides is 2. The molecule has 2 fully saturated rings. The monoisotopic (exact) mass is 449 g/mol. The Balaban J connectivity index is 1.63. The van der Waals surface area contributed by atoms with Gasteiger partial charge in [0.2, 0.25) is 5.91 Å². The largest absolute Gasteiger partial charge is 0.510 e. The van der Waals surface area contributed by atoms with E-state index in [2.05, 4.69) is 5.32 Å². The van der Waals surface area contributed by atoms with Gasteiger partial charge in [0.1, 0.15) is 28.6 Å². The zero-order valence-corrected chi connectivity index (χ0v) is 17.9. The molecule has 2 N–H and O–H groups in total. The number of fused-ring (bicyclic) bond motifs is 2. The van der Waals surface area contributed by atoms with Gasteiger partial charge in [0.05, 0.1) is 6.61 Å². The highest BCUT2D eigenvalue weighted by Gasteiger charge is 2.57. The molecule has 10 heteroatoms. The first-order valence-corrected chi connectivity index (χ1v) is 10.4. The molecule has 0 aromatic heterocycles. The fourth-order valence-corrected chi connectivity index (χ4v) is 4.60. The fraction of sp³-hybridized carbons (Fsp3) is 0.455. The maximum absolute atomic E-state index is 13.9. The molecule has 3 heterocycles. The number of nitrogens with one attached hydrogen (secondary N) is 1. The minimum absolute atomic E-state index is 0.103. The highest BCUT2D eigenvalue weighted by molar-refractivity contribution is 5.98. The van der Waals surface area contributed by atoms with E-state index in [-0.39, 0.29) is 42.2 Å². The second-order valence-electron chi connectivity index (χ2n) is 8.00. The molecule has 2 saturated heterocycles. The van der Waals surface area contributed by atoms with Crippen molar-refractivity contribution in [3.05, 3.63) is 58.6 Å². The number of methoxy groups -OCH3 is 1. The van der Waals surface area contributed by atoms with Crippen LogP contribution in [0.15, 0.2) is 41.4 Å². The summed E-state index contributed by atoms with van der Waals surface area (Å²) in [5, 5.41) is 13.3. The Labute approximate surface area is 184 Å². The van der Waals surface area contributed by atoms with Crippen LogP contribution in [0.4, 0.5) is 8.78 Å². The van der Waals surface area contributed by atoms with E-state index in [4.69, 9.17) is 9.47 Å². The number of aliphatic hydroxyl groups is 1. The van der Waals surface area contributed by atoms with Gasteiger partial charge in [-0.15, -0.1) is 0 Å². The summed E-state index contributed by atoms with van der Waals surface area (Å²) in [6.07, 6.45) is 1.28. The van der Waals surface area contributed by atoms with E-state index in [1.54, 1.807) is 9.80 Å². The quantitative estimate of drug-likeness (QED) is 0.714. The Bertz CT molecular complexity index is 1000. The number of nitrogens with zero attached hydrogens (tertiary/aromatic N) is 2. The predicted molar refractivity (Wildman–Crippen MR) is 109 cm³/mol. The van der Waals surface area contributed by atoms with Crippen LogP contribution in [0.5, 0.6) is 0 Å². The first kappa shape index (κ1) is 22.2. The summed E-state index contributed by atoms with van der Waals surface area (Å²) in [7, 11) is 1.51. The maximum Gasteiger partial charge on any atom is 0.276 e. The first-order chi connectivity index (χ1) is 15.3. The molecule has 0 aliphatic carbocycles. The van der Waals surface area contributed by atoms with E-state index >= 15 is 0 Å². The van der Waals surface area contributed by atoms with Gasteiger partial charge in [0.25, 0.3) is 5.91 Å². The minimum Gasteiger partial charge on any atom is -0.510 e. The molecule has 0 radical (unpaired) electrons. The van der Waals surface area contributed by atoms with Crippen LogP contribution in [0.25, 0.3) is 0 Å². The second kappa shape index (κ2) is 8.51. The van der Waals surface area contributed by atoms with Crippen molar-refractivity contribution in [2.45, 2.75) is 38.1 Å². The van der Waals surface area contributed by atoms with Crippen molar-refractivity contribution in [3.63, 3.8) is 0 Å². The number of carbonyl (C=O) groups excluding carboxylic acids is 2. The molecule has 172 valence electrons. The second-order valence-corrected chi connectivity index (χ2v) is 8.00. The normalized spacial score (nSPS) is 25.3. The lowest BCUT2D eigenvalue weighted by Crippen LogP contribution is -2.69. The third-order valence-electron chi connectivity index (χ3n) is 6.18. The van der Waals surface area contributed by atoms with Gasteiger partial charge in [-0.1, -0.05) is 6.07 Å². The number of rotatable bonds is 5. The maximum atomic E-state index is 13.9. The van der Waals surface area contributed by atoms with Crippen molar-refractivity contribution in [1.82, 2.24) is 15.1 Å². The Morgan fingerprint density at radius 3 is 2.81 bits per heavy atom. The number of piperazine rings is 1. The Hall–Kier alpha value is -2.98. The van der Waals surface area contributed by atoms with Crippen LogP contribution in [-0.4, -0.2) is 65.4 Å². The average molecular weight is 449 g/mol. The van der Waals surface area contributed by atoms with Crippen LogP contribution < -0.4 is 5.32 Å². The van der Waals surface area contributed by atoms with Gasteiger partial charge >= 0.3 is 0 Å². The van der Waals surface area contributed by atoms with Crippen LogP contribution in [0.2, 0.25) is 0 Å². The summed E-state index contributed by atoms with van der Waals surface area (Å²) >= 11 is 0. The van der Waals surface area contributed by atoms with Gasteiger partial charge in [-0.2, -0.15) is 0 Å². The highest BCUT2D eigenvalue weighted by Crippen LogP contribution is 2.44. The molecule has 2 unspecified atom stereocenters. The number of likely N-dealkylation sites (N-methyl/N-ethyl adjacent to an activating group) is 1. The van der Waals surface area contributed by atoms with Crippen molar-refractivity contribution < 1.29 is 33.0 Å². The number of carbonyl (C=O) groups is 2. The molecule has 1 aromatic rings. The van der Waals surface area contributed by atoms with E-state index in [0.29, 0.717) is 19.6 Å². The molecule has 1 spiro atoms. The SMILES string of the molecule is CCN1C(=O)C2=C(O)CC(C(=O)NCc3ccc(F)cc3F)=CN2C2(CCOC2)C1OC. The number of allylic oxidation sites excluding steroid dienone is 1. The number of hydrogen-bond donors (Lipinski definition) is 2. The van der Waals surface area contributed by atoms with Crippen molar-refractivity contribution in [1.29, 1.82) is 0 Å². The molecule has 8 nitrogen and oxygen atoms in total. The Morgan fingerprint density at radius 1 is 1.41 bits per heavy atom. The molecule has 3 aliphatic rings. The topological polar surface area (TPSA) is 91.3 Å². The summed E-state index contributed by atoms with van der Waals surface area (Å²) in [5.74, 6) is -2.62. The van der Waals surface area contributed by atoms with Crippen LogP contribution in [0.1, 0.15) is 25.3 Å². The number of benzene rings is 1. The molecule has 32 heavy (non-hydrogen) atoms. The van der Waals surface area contributed by atoms with Gasteiger partial charge in [0.15, 0.2) is 6.23 Å². The zero-order valence-electron chi connectivity index (χ0n) is 17.9. The smallest absolute Gasteiger partial charge is 0.276 e. The van der Waals surface area contributed by atoms with Crippen LogP contribution in [0, 0.1) is 11.6 Å². The average Bonchev–Trinajstić information content (AvgIpc) is 3.25. The van der Waals surface area contributed by atoms with E-state index in [9.17, 15) is 23.5 Å². The van der Waals surface area contributed by atoms with E-state index in [1.807, 2.05) is 6.92 Å². The summed E-state index contributed by atoms with van der Waals surface area (Å²) in [6, 6.07) is 3.11. The number of halogens is 2. The van der Waals surface area contributed by atoms with Crippen molar-refractivity contribution in [3.8, 4) is 0 Å². The van der Waals surface area contributed by atoms with Crippen LogP contribution in [0.3, 0.4) is 0 Å². The highest BCUT2D eigenvalue weighted by atomic mass is 19.1. The molecule has 2 amide bonds. The molecule has 1 aromatic carbocycles. The third-order valence-corrected chi connectivity index (χ3v) is 6.18. The van der Waals surface area contributed by atoms with E-state index in [0.717, 1.165) is 12.1 Å². The van der Waals surface area contributed by atoms with Gasteiger partial charge < -0.3 is 29.7 Å². The number of hydrogen-bond acceptors (Lipinski definition) is 6. The Morgan fingerprint density at radius 2 is 2.19 bits per heavy atom. The van der Waals surface area contributed by atoms with Crippen molar-refractivity contribution >= 4 is 11.8 Å². The lowest BCUT2D eigenvalue weighted by Gasteiger charge is -2.54. The molecule has 3 aliphatic heterocycles. The summed E-state index contributed by atoms with van der Waals surface area (Å²) < 4.78 is 38.3. The number of ether oxygens (including phenoxy) is 2. The fourth-order valence-electron chi connectivity index (χ4n) is 4.60. The van der Waals surface area contributed by atoms with Crippen LogP contribution in [-0.2, 0) is 25.6 Å². The minimum atomic E-state index is -0.795. The van der Waals surface area contributed by atoms with E-state index in [1.165, 1.54) is 19.4 Å². The summed E-state index contributed by atoms with van der Waals surface area (Å²) in [5.41, 5.74) is -0.361. The van der Waals surface area contributed by atoms with Crippen molar-refractivity contribution in [2.75, 3.05) is 26.9 Å². The number of aliphatic hydroxyl groups excluding tert-OH is 1. The lowest BCUT2D eigenvalue weighted by molar-refractivity contribution is -0.171. The molecule has 4 rings (SSSR count). The molecule has 2 atom stereocenters. The predicted octanol–water partition coefficient (Wildman–Crippen LogP) is 1.93. The van der Waals surface area contributed by atoms with Gasteiger partial charge in [0, 0.05) is 63.1 Å². The van der Waals surface area contributed by atoms with Crippen molar-refractivity contribution in [2.24, 2.45) is 0 Å². The summed E-state index contributed by atoms with van der Waals surface area (Å²) in [4.78, 5) is 29.1. The lowest BCUT2D eigenvalue weighted by atomic mass is 9.86. The van der Waals surface area contributed by atoms with E-state index < -0.39 is 35.2 Å². The van der Waals surface area contributed by atoms with Crippen LogP contribution >= 0.6 is 0 Å². The molecular formula is C22H25F2N3O5. The molecule has 0 saturated carbocycles. The summed E-state index contributed by atoms with van der Waals surface area (Å²) in [6.45, 7) is 2.74. The third kappa shape index (κ3) is 3.53. The molecular weight excluding hydrogens is 424 g/mol. The Kier molecular flexibility index (Phi) is 5.91. The van der Waals surface area contributed by atoms with Gasteiger partial charge in [-0.25, -0.2) is 8.78 Å². The molecule has 0 bridgehead atoms. The van der Waals surface area contributed by atoms with Gasteiger partial charge in [-0.05, 0) is 13.0 Å².